The van der Waals surface area contributed by atoms with Crippen LogP contribution in [0.2, 0.25) is 0 Å². The molecule has 0 amide bonds. The number of ether oxygens (including phenoxy) is 1. The number of hydrogen-bond donors (Lipinski definition) is 0. The fraction of sp³-hybridized carbons (Fsp3) is 0.182. The van der Waals surface area contributed by atoms with Gasteiger partial charge in [0, 0.05) is 17.0 Å². The second kappa shape index (κ2) is 7.71. The molecule has 0 saturated heterocycles. The maximum atomic E-state index is 12.7. The van der Waals surface area contributed by atoms with E-state index in [4.69, 9.17) is 9.26 Å². The zero-order valence-electron chi connectivity index (χ0n) is 16.0. The minimum absolute atomic E-state index is 0.0635. The van der Waals surface area contributed by atoms with Crippen molar-refractivity contribution in [2.75, 3.05) is 0 Å². The van der Waals surface area contributed by atoms with Crippen LogP contribution in [0.1, 0.15) is 36.1 Å². The second-order valence-corrected chi connectivity index (χ2v) is 6.86. The number of fused-ring (bicyclic) bond motifs is 1. The van der Waals surface area contributed by atoms with E-state index in [0.29, 0.717) is 22.2 Å². The molecule has 0 atom stereocenters. The summed E-state index contributed by atoms with van der Waals surface area (Å²) in [5.41, 5.74) is 1.23. The predicted octanol–water partition coefficient (Wildman–Crippen LogP) is 3.99. The Balaban J connectivity index is 1.59. The third kappa shape index (κ3) is 3.67. The van der Waals surface area contributed by atoms with E-state index in [2.05, 4.69) is 10.3 Å². The fourth-order valence-corrected chi connectivity index (χ4v) is 3.03. The first kappa shape index (κ1) is 18.6. The Hall–Kier alpha value is -3.74. The molecular weight excluding hydrogens is 370 g/mol. The van der Waals surface area contributed by atoms with Crippen LogP contribution in [0.25, 0.3) is 22.1 Å². The van der Waals surface area contributed by atoms with Crippen molar-refractivity contribution in [2.45, 2.75) is 26.5 Å². The van der Waals surface area contributed by atoms with E-state index in [1.165, 1.54) is 4.68 Å². The number of aromatic nitrogens is 3. The van der Waals surface area contributed by atoms with Gasteiger partial charge in [-0.15, -0.1) is 0 Å². The van der Waals surface area contributed by atoms with Gasteiger partial charge in [0.25, 0.3) is 5.56 Å². The predicted molar refractivity (Wildman–Crippen MR) is 107 cm³/mol. The molecule has 0 N–H and O–H groups in total. The van der Waals surface area contributed by atoms with Gasteiger partial charge in [-0.1, -0.05) is 53.7 Å². The summed E-state index contributed by atoms with van der Waals surface area (Å²) in [6.07, 6.45) is 0. The van der Waals surface area contributed by atoms with Crippen molar-refractivity contribution in [2.24, 2.45) is 0 Å². The highest BCUT2D eigenvalue weighted by Gasteiger charge is 2.19. The molecule has 0 spiro atoms. The maximum absolute atomic E-state index is 12.7. The number of carbonyl (C=O) groups is 1. The molecular formula is C22H19N3O4. The van der Waals surface area contributed by atoms with Crippen LogP contribution in [0.3, 0.4) is 0 Å². The Morgan fingerprint density at radius 3 is 2.48 bits per heavy atom. The van der Waals surface area contributed by atoms with Crippen LogP contribution in [-0.2, 0) is 11.3 Å². The number of rotatable bonds is 5. The SMILES string of the molecule is CC(C)n1nc(C(=O)OCc2cc(-c3ccccc3)on2)c2ccccc2c1=O. The summed E-state index contributed by atoms with van der Waals surface area (Å²) in [6.45, 7) is 3.60. The lowest BCUT2D eigenvalue weighted by atomic mass is 10.1. The Kier molecular flexibility index (Phi) is 4.95. The minimum Gasteiger partial charge on any atom is -0.454 e. The standard InChI is InChI=1S/C22H19N3O4/c1-14(2)25-21(26)18-11-7-6-10-17(18)20(23-25)22(27)28-13-16-12-19(29-24-16)15-8-4-3-5-9-15/h3-12,14H,13H2,1-2H3. The summed E-state index contributed by atoms with van der Waals surface area (Å²) in [5.74, 6) is -0.0338. The number of nitrogens with zero attached hydrogens (tertiary/aromatic N) is 3. The van der Waals surface area contributed by atoms with Gasteiger partial charge in [0.2, 0.25) is 0 Å². The molecule has 0 aliphatic rings. The van der Waals surface area contributed by atoms with Gasteiger partial charge in [0.05, 0.1) is 11.4 Å². The summed E-state index contributed by atoms with van der Waals surface area (Å²) in [4.78, 5) is 25.3. The normalized spacial score (nSPS) is 11.1. The molecule has 2 heterocycles. The largest absolute Gasteiger partial charge is 0.454 e. The van der Waals surface area contributed by atoms with E-state index in [1.807, 2.05) is 44.2 Å². The van der Waals surface area contributed by atoms with Crippen molar-refractivity contribution in [1.29, 1.82) is 0 Å². The van der Waals surface area contributed by atoms with E-state index < -0.39 is 5.97 Å². The zero-order valence-corrected chi connectivity index (χ0v) is 16.0. The van der Waals surface area contributed by atoms with Crippen molar-refractivity contribution in [3.05, 3.63) is 82.4 Å². The summed E-state index contributed by atoms with van der Waals surface area (Å²) >= 11 is 0. The molecule has 4 rings (SSSR count). The average molecular weight is 389 g/mol. The van der Waals surface area contributed by atoms with Crippen LogP contribution in [0.5, 0.6) is 0 Å². The van der Waals surface area contributed by atoms with Gasteiger partial charge in [-0.2, -0.15) is 5.10 Å². The number of esters is 1. The number of carbonyl (C=O) groups excluding carboxylic acids is 1. The molecule has 2 aromatic heterocycles. The number of hydrogen-bond acceptors (Lipinski definition) is 6. The van der Waals surface area contributed by atoms with E-state index in [1.54, 1.807) is 30.3 Å². The van der Waals surface area contributed by atoms with Gasteiger partial charge in [-0.3, -0.25) is 4.79 Å². The topological polar surface area (TPSA) is 87.2 Å². The first-order chi connectivity index (χ1) is 14.0. The highest BCUT2D eigenvalue weighted by atomic mass is 16.5. The van der Waals surface area contributed by atoms with Gasteiger partial charge >= 0.3 is 5.97 Å². The second-order valence-electron chi connectivity index (χ2n) is 6.86. The first-order valence-corrected chi connectivity index (χ1v) is 9.24. The average Bonchev–Trinajstić information content (AvgIpc) is 3.22. The van der Waals surface area contributed by atoms with Gasteiger partial charge in [-0.25, -0.2) is 9.48 Å². The van der Waals surface area contributed by atoms with Crippen molar-refractivity contribution in [1.82, 2.24) is 14.9 Å². The lowest BCUT2D eigenvalue weighted by Gasteiger charge is -2.12. The molecule has 0 radical (unpaired) electrons. The summed E-state index contributed by atoms with van der Waals surface area (Å²) in [6, 6.07) is 17.9. The van der Waals surface area contributed by atoms with Crippen LogP contribution in [-0.4, -0.2) is 20.9 Å². The minimum atomic E-state index is -0.625. The van der Waals surface area contributed by atoms with Crippen LogP contribution in [0, 0.1) is 0 Å². The Morgan fingerprint density at radius 2 is 1.76 bits per heavy atom. The van der Waals surface area contributed by atoms with Gasteiger partial charge < -0.3 is 9.26 Å². The molecule has 29 heavy (non-hydrogen) atoms. The van der Waals surface area contributed by atoms with Gasteiger partial charge in [-0.05, 0) is 19.9 Å². The van der Waals surface area contributed by atoms with Crippen molar-refractivity contribution < 1.29 is 14.1 Å². The molecule has 0 fully saturated rings. The Morgan fingerprint density at radius 1 is 1.07 bits per heavy atom. The molecule has 2 aromatic carbocycles. The summed E-state index contributed by atoms with van der Waals surface area (Å²) in [7, 11) is 0. The van der Waals surface area contributed by atoms with E-state index in [0.717, 1.165) is 5.56 Å². The van der Waals surface area contributed by atoms with Crippen LogP contribution < -0.4 is 5.56 Å². The Labute approximate surface area is 166 Å². The molecule has 7 heteroatoms. The summed E-state index contributed by atoms with van der Waals surface area (Å²) in [5, 5.41) is 9.09. The zero-order chi connectivity index (χ0) is 20.4. The molecule has 146 valence electrons. The molecule has 0 aliphatic carbocycles. The lowest BCUT2D eigenvalue weighted by Crippen LogP contribution is -2.27. The maximum Gasteiger partial charge on any atom is 0.359 e. The molecule has 0 saturated carbocycles. The highest BCUT2D eigenvalue weighted by Crippen LogP contribution is 2.21. The van der Waals surface area contributed by atoms with Gasteiger partial charge in [0.15, 0.2) is 11.5 Å². The molecule has 7 nitrogen and oxygen atoms in total. The summed E-state index contributed by atoms with van der Waals surface area (Å²) < 4.78 is 12.0. The smallest absolute Gasteiger partial charge is 0.359 e. The highest BCUT2D eigenvalue weighted by molar-refractivity contribution is 6.02. The van der Waals surface area contributed by atoms with Crippen LogP contribution in [0.4, 0.5) is 0 Å². The van der Waals surface area contributed by atoms with Crippen molar-refractivity contribution >= 4 is 16.7 Å². The quantitative estimate of drug-likeness (QED) is 0.480. The lowest BCUT2D eigenvalue weighted by molar-refractivity contribution is 0.0456. The fourth-order valence-electron chi connectivity index (χ4n) is 3.03. The number of benzene rings is 2. The van der Waals surface area contributed by atoms with Crippen molar-refractivity contribution in [3.8, 4) is 11.3 Å². The molecule has 0 unspecified atom stereocenters. The van der Waals surface area contributed by atoms with Crippen LogP contribution in [0.15, 0.2) is 70.0 Å². The molecule has 0 bridgehead atoms. The third-order valence-corrected chi connectivity index (χ3v) is 4.48. The molecule has 4 aromatic rings. The van der Waals surface area contributed by atoms with Crippen LogP contribution >= 0.6 is 0 Å². The van der Waals surface area contributed by atoms with Gasteiger partial charge in [0.1, 0.15) is 12.3 Å². The Bertz CT molecular complexity index is 1230. The van der Waals surface area contributed by atoms with Crippen molar-refractivity contribution in [3.63, 3.8) is 0 Å². The van der Waals surface area contributed by atoms with E-state index >= 15 is 0 Å². The third-order valence-electron chi connectivity index (χ3n) is 4.48. The molecule has 0 aliphatic heterocycles. The van der Waals surface area contributed by atoms with E-state index in [-0.39, 0.29) is 23.9 Å². The van der Waals surface area contributed by atoms with E-state index in [9.17, 15) is 9.59 Å². The first-order valence-electron chi connectivity index (χ1n) is 9.24. The monoisotopic (exact) mass is 389 g/mol.